The maximum atomic E-state index is 4.65. The van der Waals surface area contributed by atoms with Crippen molar-refractivity contribution in [1.82, 2.24) is 30.5 Å². The molecule has 0 radical (unpaired) electrons. The summed E-state index contributed by atoms with van der Waals surface area (Å²) in [4.78, 5) is 13.6. The van der Waals surface area contributed by atoms with Gasteiger partial charge in [-0.3, -0.25) is 15.1 Å². The van der Waals surface area contributed by atoms with Gasteiger partial charge in [0.2, 0.25) is 0 Å². The molecule has 0 saturated heterocycles. The van der Waals surface area contributed by atoms with Crippen LogP contribution < -0.4 is 15.9 Å². The number of aromatic amines is 2. The molecule has 0 unspecified atom stereocenters. The Kier molecular flexibility index (Phi) is 6.20. The third kappa shape index (κ3) is 4.23. The largest absolute Gasteiger partial charge is 0.352 e. The van der Waals surface area contributed by atoms with E-state index in [9.17, 15) is 0 Å². The average Bonchev–Trinajstić information content (AvgIpc) is 3.62. The average molecular weight is 467 g/mol. The summed E-state index contributed by atoms with van der Waals surface area (Å²) in [5.74, 6) is 0. The molecule has 5 aromatic rings. The van der Waals surface area contributed by atoms with E-state index in [1.165, 1.54) is 4.88 Å². The van der Waals surface area contributed by atoms with E-state index in [-0.39, 0.29) is 0 Å². The van der Waals surface area contributed by atoms with E-state index in [0.717, 1.165) is 68.2 Å². The zero-order valence-corrected chi connectivity index (χ0v) is 20.0. The molecule has 170 valence electrons. The topological polar surface area (TPSA) is 82.3 Å². The first-order valence-electron chi connectivity index (χ1n) is 11.2. The maximum absolute atomic E-state index is 4.65. The molecule has 7 heteroatoms. The molecule has 3 N–H and O–H groups in total. The van der Waals surface area contributed by atoms with Gasteiger partial charge in [-0.2, -0.15) is 5.10 Å². The van der Waals surface area contributed by atoms with Crippen molar-refractivity contribution in [3.63, 3.8) is 0 Å². The first-order valence-corrected chi connectivity index (χ1v) is 12.1. The lowest BCUT2D eigenvalue weighted by molar-refractivity contribution is 0.724. The molecule has 5 heterocycles. The molecule has 6 nitrogen and oxygen atoms in total. The highest BCUT2D eigenvalue weighted by Crippen LogP contribution is 2.32. The minimum Gasteiger partial charge on any atom is -0.352 e. The third-order valence-corrected chi connectivity index (χ3v) is 6.68. The lowest BCUT2D eigenvalue weighted by Crippen LogP contribution is -2.23. The van der Waals surface area contributed by atoms with Crippen molar-refractivity contribution < 1.29 is 0 Å². The van der Waals surface area contributed by atoms with Crippen LogP contribution in [-0.4, -0.2) is 31.7 Å². The zero-order valence-electron chi connectivity index (χ0n) is 19.2. The fourth-order valence-corrected chi connectivity index (χ4v) is 4.78. The van der Waals surface area contributed by atoms with Crippen molar-refractivity contribution in [3.8, 4) is 21.8 Å². The molecule has 5 rings (SSSR count). The Morgan fingerprint density at radius 2 is 2.06 bits per heavy atom. The molecule has 34 heavy (non-hydrogen) atoms. The van der Waals surface area contributed by atoms with Gasteiger partial charge in [0, 0.05) is 46.2 Å². The summed E-state index contributed by atoms with van der Waals surface area (Å²) in [5.41, 5.74) is 6.89. The second kappa shape index (κ2) is 9.59. The normalized spacial score (nSPS) is 12.6. The summed E-state index contributed by atoms with van der Waals surface area (Å²) in [5, 5.41) is 16.3. The predicted octanol–water partition coefficient (Wildman–Crippen LogP) is 4.48. The molecule has 0 bridgehead atoms. The van der Waals surface area contributed by atoms with Gasteiger partial charge >= 0.3 is 0 Å². The molecule has 0 aliphatic carbocycles. The van der Waals surface area contributed by atoms with E-state index in [1.54, 1.807) is 11.3 Å². The monoisotopic (exact) mass is 466 g/mol. The van der Waals surface area contributed by atoms with Crippen LogP contribution >= 0.6 is 11.3 Å². The molecular weight excluding hydrogens is 440 g/mol. The van der Waals surface area contributed by atoms with Crippen molar-refractivity contribution in [2.24, 2.45) is 0 Å². The second-order valence-electron chi connectivity index (χ2n) is 8.03. The summed E-state index contributed by atoms with van der Waals surface area (Å²) in [7, 11) is 0. The Morgan fingerprint density at radius 3 is 2.85 bits per heavy atom. The van der Waals surface area contributed by atoms with Crippen molar-refractivity contribution in [2.75, 3.05) is 6.54 Å². The van der Waals surface area contributed by atoms with E-state index in [1.807, 2.05) is 37.8 Å². The molecule has 0 aliphatic rings. The van der Waals surface area contributed by atoms with Crippen molar-refractivity contribution >= 4 is 40.0 Å². The Balaban J connectivity index is 1.59. The van der Waals surface area contributed by atoms with Gasteiger partial charge in [0.1, 0.15) is 5.69 Å². The third-order valence-electron chi connectivity index (χ3n) is 5.77. The number of aromatic nitrogens is 5. The quantitative estimate of drug-likeness (QED) is 0.330. The first-order chi connectivity index (χ1) is 16.7. The number of rotatable bonds is 7. The van der Waals surface area contributed by atoms with Crippen LogP contribution in [0, 0.1) is 0 Å². The van der Waals surface area contributed by atoms with Crippen LogP contribution in [0.2, 0.25) is 0 Å². The van der Waals surface area contributed by atoms with Gasteiger partial charge in [-0.15, -0.1) is 11.3 Å². The van der Waals surface area contributed by atoms with E-state index in [4.69, 9.17) is 0 Å². The first kappa shape index (κ1) is 22.0. The highest BCUT2D eigenvalue weighted by Gasteiger charge is 2.13. The summed E-state index contributed by atoms with van der Waals surface area (Å²) >= 11 is 1.71. The minimum atomic E-state index is 0.783. The number of fused-ring (bicyclic) bond motifs is 1. The number of allylic oxidation sites excluding steroid dienone is 1. The van der Waals surface area contributed by atoms with Gasteiger partial charge in [0.05, 0.1) is 22.8 Å². The van der Waals surface area contributed by atoms with Crippen LogP contribution in [0.1, 0.15) is 25.0 Å². The van der Waals surface area contributed by atoms with Crippen LogP contribution in [0.4, 0.5) is 0 Å². The van der Waals surface area contributed by atoms with Gasteiger partial charge in [0.15, 0.2) is 0 Å². The van der Waals surface area contributed by atoms with Crippen LogP contribution in [-0.2, 0) is 6.54 Å². The molecule has 0 spiro atoms. The van der Waals surface area contributed by atoms with E-state index in [0.29, 0.717) is 0 Å². The molecule has 5 aromatic heterocycles. The fourth-order valence-electron chi connectivity index (χ4n) is 4.03. The van der Waals surface area contributed by atoms with Gasteiger partial charge in [0.25, 0.3) is 0 Å². The second-order valence-corrected chi connectivity index (χ2v) is 8.98. The van der Waals surface area contributed by atoms with Crippen molar-refractivity contribution in [3.05, 3.63) is 82.7 Å². The van der Waals surface area contributed by atoms with Crippen LogP contribution in [0.15, 0.2) is 61.0 Å². The fraction of sp³-hybridized carbons (Fsp3) is 0.148. The molecule has 0 atom stereocenters. The van der Waals surface area contributed by atoms with E-state index >= 15 is 0 Å². The molecule has 0 aliphatic heterocycles. The minimum absolute atomic E-state index is 0.783. The Bertz CT molecular complexity index is 1570. The number of nitrogens with one attached hydrogen (secondary N) is 3. The lowest BCUT2D eigenvalue weighted by atomic mass is 10.1. The maximum Gasteiger partial charge on any atom is 0.116 e. The molecule has 0 fully saturated rings. The number of nitrogens with zero attached hydrogens (tertiary/aromatic N) is 3. The number of H-pyrrole nitrogens is 2. The van der Waals surface area contributed by atoms with E-state index in [2.05, 4.69) is 79.7 Å². The molecular formula is C27H26N6S. The van der Waals surface area contributed by atoms with Crippen LogP contribution in [0.3, 0.4) is 0 Å². The Labute approximate surface area is 201 Å². The van der Waals surface area contributed by atoms with E-state index < -0.39 is 0 Å². The number of thiophene rings is 1. The zero-order chi connectivity index (χ0) is 23.5. The highest BCUT2D eigenvalue weighted by molar-refractivity contribution is 7.13. The van der Waals surface area contributed by atoms with Gasteiger partial charge < -0.3 is 10.3 Å². The number of hydrogen-bond acceptors (Lipinski definition) is 5. The predicted molar refractivity (Wildman–Crippen MR) is 141 cm³/mol. The van der Waals surface area contributed by atoms with Crippen molar-refractivity contribution in [1.29, 1.82) is 0 Å². The Hall–Kier alpha value is -3.81. The standard InChI is InChI=1S/C27H26N6S/c1-4-23-21(9-17(3)19-10-18(12-28-5-2)13-29-14-19)27(33-32-23)24-11-20-22(26-7-6-8-34-26)15-30-16-25(20)31-24/h4,6-11,13-16,28,31-32H,3,5,12H2,1-2H3/b21-9+,23-4+. The number of hydrogen-bond donors (Lipinski definition) is 3. The molecule has 0 amide bonds. The highest BCUT2D eigenvalue weighted by atomic mass is 32.1. The SMILES string of the molecule is C=C(/C=c1/c(-c2cc3c(-c4cccs4)cncc3[nH]2)n[nH]/c1=C/C)c1cncc(CNCC)c1. The smallest absolute Gasteiger partial charge is 0.116 e. The van der Waals surface area contributed by atoms with Gasteiger partial charge in [-0.05, 0) is 59.8 Å². The molecule has 0 aromatic carbocycles. The Morgan fingerprint density at radius 1 is 1.18 bits per heavy atom. The molecule has 0 saturated carbocycles. The number of pyridine rings is 2. The van der Waals surface area contributed by atoms with Crippen molar-refractivity contribution in [2.45, 2.75) is 20.4 Å². The summed E-state index contributed by atoms with van der Waals surface area (Å²) < 4.78 is 0. The van der Waals surface area contributed by atoms with Crippen LogP contribution in [0.25, 0.3) is 50.5 Å². The van der Waals surface area contributed by atoms with Gasteiger partial charge in [-0.1, -0.05) is 25.6 Å². The summed E-state index contributed by atoms with van der Waals surface area (Å²) in [6.07, 6.45) is 11.6. The van der Waals surface area contributed by atoms with Gasteiger partial charge in [-0.25, -0.2) is 0 Å². The summed E-state index contributed by atoms with van der Waals surface area (Å²) in [6.45, 7) is 10.1. The summed E-state index contributed by atoms with van der Waals surface area (Å²) in [6, 6.07) is 8.46. The lowest BCUT2D eigenvalue weighted by Gasteiger charge is -2.05. The van der Waals surface area contributed by atoms with Crippen LogP contribution in [0.5, 0.6) is 0 Å².